The van der Waals surface area contributed by atoms with Crippen molar-refractivity contribution in [2.45, 2.75) is 31.2 Å². The Morgan fingerprint density at radius 3 is 2.33 bits per heavy atom. The van der Waals surface area contributed by atoms with Gasteiger partial charge in [-0.25, -0.2) is 0 Å². The summed E-state index contributed by atoms with van der Waals surface area (Å²) in [6.45, 7) is 0. The van der Waals surface area contributed by atoms with Crippen LogP contribution < -0.4 is 5.19 Å². The molecule has 0 aromatic heterocycles. The smallest absolute Gasteiger partial charge is 0.0654 e. The fraction of sp³-hybridized carbons (Fsp3) is 0.455. The fourth-order valence-corrected chi connectivity index (χ4v) is 3.75. The second-order valence-corrected chi connectivity index (χ2v) is 5.56. The molecule has 1 saturated carbocycles. The predicted molar refractivity (Wildman–Crippen MR) is 55.4 cm³/mol. The molecule has 0 nitrogen and oxygen atoms in total. The monoisotopic (exact) mass is 175 g/mol. The molecule has 0 atom stereocenters. The Morgan fingerprint density at radius 2 is 1.67 bits per heavy atom. The van der Waals surface area contributed by atoms with Crippen LogP contribution in [0.15, 0.2) is 30.3 Å². The highest BCUT2D eigenvalue weighted by Gasteiger charge is 2.15. The lowest BCUT2D eigenvalue weighted by molar-refractivity contribution is 0.873. The van der Waals surface area contributed by atoms with Gasteiger partial charge in [0.25, 0.3) is 0 Å². The number of hydrogen-bond donors (Lipinski definition) is 0. The summed E-state index contributed by atoms with van der Waals surface area (Å²) in [7, 11) is 0.562. The number of rotatable bonds is 2. The molecule has 0 N–H and O–H groups in total. The fourth-order valence-electron chi connectivity index (χ4n) is 1.96. The highest BCUT2D eigenvalue weighted by atomic mass is 28.2. The molecule has 0 amide bonds. The van der Waals surface area contributed by atoms with E-state index < -0.39 is 0 Å². The summed E-state index contributed by atoms with van der Waals surface area (Å²) in [5, 5.41) is 1.60. The van der Waals surface area contributed by atoms with Crippen LogP contribution >= 0.6 is 0 Å². The van der Waals surface area contributed by atoms with Gasteiger partial charge in [0.15, 0.2) is 0 Å². The molecular weight excluding hydrogens is 160 g/mol. The molecule has 1 radical (unpaired) electrons. The highest BCUT2D eigenvalue weighted by Crippen LogP contribution is 2.28. The first-order valence-electron chi connectivity index (χ1n) is 4.85. The molecule has 1 aliphatic carbocycles. The molecule has 0 bridgehead atoms. The Bertz CT molecular complexity index is 224. The molecule has 1 heteroatoms. The minimum absolute atomic E-state index is 0.562. The minimum Gasteiger partial charge on any atom is -0.0654 e. The van der Waals surface area contributed by atoms with Crippen LogP contribution in [0, 0.1) is 0 Å². The normalized spacial score (nSPS) is 18.3. The van der Waals surface area contributed by atoms with E-state index >= 15 is 0 Å². The van der Waals surface area contributed by atoms with Gasteiger partial charge in [0.05, 0.1) is 9.52 Å². The van der Waals surface area contributed by atoms with Gasteiger partial charge in [0, 0.05) is 0 Å². The Balaban J connectivity index is 1.94. The maximum Gasteiger partial charge on any atom is 0.0700 e. The summed E-state index contributed by atoms with van der Waals surface area (Å²) in [6, 6.07) is 11.0. The van der Waals surface area contributed by atoms with E-state index in [-0.39, 0.29) is 0 Å². The van der Waals surface area contributed by atoms with Crippen molar-refractivity contribution >= 4 is 14.7 Å². The van der Waals surface area contributed by atoms with Crippen molar-refractivity contribution in [1.29, 1.82) is 0 Å². The van der Waals surface area contributed by atoms with Crippen molar-refractivity contribution in [3.8, 4) is 0 Å². The van der Waals surface area contributed by atoms with E-state index in [1.807, 2.05) is 0 Å². The Hall–Kier alpha value is -0.563. The van der Waals surface area contributed by atoms with Gasteiger partial charge < -0.3 is 0 Å². The van der Waals surface area contributed by atoms with Crippen LogP contribution in [0.2, 0.25) is 5.54 Å². The molecule has 0 aliphatic heterocycles. The lowest BCUT2D eigenvalue weighted by atomic mass is 10.4. The van der Waals surface area contributed by atoms with Crippen LogP contribution in [0.4, 0.5) is 0 Å². The van der Waals surface area contributed by atoms with E-state index in [0.29, 0.717) is 9.52 Å². The van der Waals surface area contributed by atoms with Gasteiger partial charge in [-0.15, -0.1) is 0 Å². The van der Waals surface area contributed by atoms with Crippen LogP contribution in [-0.2, 0) is 0 Å². The van der Waals surface area contributed by atoms with E-state index in [9.17, 15) is 0 Å². The van der Waals surface area contributed by atoms with Gasteiger partial charge in [-0.2, -0.15) is 0 Å². The van der Waals surface area contributed by atoms with E-state index in [1.165, 1.54) is 25.7 Å². The second-order valence-electron chi connectivity index (χ2n) is 3.62. The second kappa shape index (κ2) is 3.90. The summed E-state index contributed by atoms with van der Waals surface area (Å²) < 4.78 is 0. The third kappa shape index (κ3) is 1.98. The molecule has 1 aliphatic rings. The van der Waals surface area contributed by atoms with Gasteiger partial charge in [-0.1, -0.05) is 61.2 Å². The van der Waals surface area contributed by atoms with Crippen molar-refractivity contribution in [2.75, 3.05) is 0 Å². The van der Waals surface area contributed by atoms with Crippen LogP contribution in [0.25, 0.3) is 0 Å². The standard InChI is InChI=1S/C11H15Si/c1-2-6-10(7-3-1)12-11-8-4-5-9-11/h1-3,6-7,11-12H,4-5,8-9H2. The maximum absolute atomic E-state index is 2.29. The topological polar surface area (TPSA) is 0 Å². The Labute approximate surface area is 76.8 Å². The van der Waals surface area contributed by atoms with Crippen LogP contribution in [0.3, 0.4) is 0 Å². The first-order chi connectivity index (χ1) is 5.95. The third-order valence-electron chi connectivity index (χ3n) is 2.63. The van der Waals surface area contributed by atoms with Crippen molar-refractivity contribution in [2.24, 2.45) is 0 Å². The average Bonchev–Trinajstić information content (AvgIpc) is 2.59. The number of benzene rings is 1. The van der Waals surface area contributed by atoms with Gasteiger partial charge >= 0.3 is 0 Å². The van der Waals surface area contributed by atoms with E-state index in [1.54, 1.807) is 5.19 Å². The summed E-state index contributed by atoms with van der Waals surface area (Å²) in [5.74, 6) is 0. The largest absolute Gasteiger partial charge is 0.0700 e. The molecule has 0 unspecified atom stereocenters. The Morgan fingerprint density at radius 1 is 1.00 bits per heavy atom. The first kappa shape index (κ1) is 8.05. The predicted octanol–water partition coefficient (Wildman–Crippen LogP) is 2.11. The number of hydrogen-bond acceptors (Lipinski definition) is 0. The van der Waals surface area contributed by atoms with Crippen LogP contribution in [-0.4, -0.2) is 9.52 Å². The molecule has 1 fully saturated rings. The van der Waals surface area contributed by atoms with Gasteiger partial charge in [0.1, 0.15) is 0 Å². The van der Waals surface area contributed by atoms with Crippen LogP contribution in [0.5, 0.6) is 0 Å². The molecule has 12 heavy (non-hydrogen) atoms. The summed E-state index contributed by atoms with van der Waals surface area (Å²) in [6.07, 6.45) is 5.93. The SMILES string of the molecule is c1ccc([SiH]C2CCCC2)cc1. The van der Waals surface area contributed by atoms with Gasteiger partial charge in [-0.3, -0.25) is 0 Å². The quantitative estimate of drug-likeness (QED) is 0.604. The minimum atomic E-state index is 0.562. The lowest BCUT2D eigenvalue weighted by Gasteiger charge is -2.06. The third-order valence-corrected chi connectivity index (χ3v) is 4.54. The zero-order valence-corrected chi connectivity index (χ0v) is 8.52. The summed E-state index contributed by atoms with van der Waals surface area (Å²) in [4.78, 5) is 0. The van der Waals surface area contributed by atoms with E-state index in [2.05, 4.69) is 30.3 Å². The first-order valence-corrected chi connectivity index (χ1v) is 6.09. The molecule has 63 valence electrons. The highest BCUT2D eigenvalue weighted by molar-refractivity contribution is 6.55. The summed E-state index contributed by atoms with van der Waals surface area (Å²) >= 11 is 0. The maximum atomic E-state index is 2.29. The van der Waals surface area contributed by atoms with Gasteiger partial charge in [0.2, 0.25) is 0 Å². The zero-order valence-electron chi connectivity index (χ0n) is 7.37. The van der Waals surface area contributed by atoms with Crippen molar-refractivity contribution in [3.63, 3.8) is 0 Å². The van der Waals surface area contributed by atoms with Crippen molar-refractivity contribution in [1.82, 2.24) is 0 Å². The van der Waals surface area contributed by atoms with Crippen molar-refractivity contribution in [3.05, 3.63) is 30.3 Å². The van der Waals surface area contributed by atoms with Crippen LogP contribution in [0.1, 0.15) is 25.7 Å². The van der Waals surface area contributed by atoms with E-state index in [0.717, 1.165) is 5.54 Å². The Kier molecular flexibility index (Phi) is 2.62. The molecule has 1 aromatic rings. The van der Waals surface area contributed by atoms with E-state index in [4.69, 9.17) is 0 Å². The molecular formula is C11H15Si. The molecule has 0 heterocycles. The average molecular weight is 175 g/mol. The zero-order chi connectivity index (χ0) is 8.23. The molecule has 2 rings (SSSR count). The van der Waals surface area contributed by atoms with Crippen molar-refractivity contribution < 1.29 is 0 Å². The molecule has 1 aromatic carbocycles. The van der Waals surface area contributed by atoms with Gasteiger partial charge in [-0.05, 0) is 5.54 Å². The lowest BCUT2D eigenvalue weighted by Crippen LogP contribution is -2.17. The molecule has 0 spiro atoms. The summed E-state index contributed by atoms with van der Waals surface area (Å²) in [5.41, 5.74) is 1.06. The molecule has 0 saturated heterocycles.